The number of ether oxygens (including phenoxy) is 1. The number of halogens is 5. The first kappa shape index (κ1) is 27.0. The largest absolute Gasteiger partial charge is 0.375 e. The quantitative estimate of drug-likeness (QED) is 0.532. The molecule has 2 aromatic rings. The predicted molar refractivity (Wildman–Crippen MR) is 133 cm³/mol. The molecule has 12 heteroatoms. The molecule has 1 N–H and O–H groups in total. The van der Waals surface area contributed by atoms with E-state index in [1.54, 1.807) is 12.1 Å². The Labute approximate surface area is 219 Å². The Morgan fingerprint density at radius 2 is 1.77 bits per heavy atom. The van der Waals surface area contributed by atoms with Gasteiger partial charge in [-0.15, -0.1) is 0 Å². The fourth-order valence-corrected chi connectivity index (χ4v) is 7.04. The number of nitrogens with zero attached hydrogens (tertiary/aromatic N) is 2. The number of hydrogen-bond donors (Lipinski definition) is 1. The summed E-state index contributed by atoms with van der Waals surface area (Å²) in [4.78, 5) is 1.95. The maximum atomic E-state index is 13.8. The Balaban J connectivity index is 1.60. The molecule has 2 heterocycles. The molecule has 2 fully saturated rings. The van der Waals surface area contributed by atoms with E-state index in [0.29, 0.717) is 42.7 Å². The van der Waals surface area contributed by atoms with Crippen molar-refractivity contribution in [3.05, 3.63) is 63.1 Å². The van der Waals surface area contributed by atoms with Gasteiger partial charge in [0.15, 0.2) is 0 Å². The van der Waals surface area contributed by atoms with E-state index in [-0.39, 0.29) is 29.0 Å². The van der Waals surface area contributed by atoms with Crippen LogP contribution in [0.1, 0.15) is 12.0 Å². The maximum absolute atomic E-state index is 13.8. The molecular formula is C23H26Cl3F2N3O3S. The normalized spacial score (nSPS) is 24.7. The summed E-state index contributed by atoms with van der Waals surface area (Å²) in [5.74, 6) is 0. The second-order valence-corrected chi connectivity index (χ2v) is 11.8. The van der Waals surface area contributed by atoms with Crippen molar-refractivity contribution in [3.8, 4) is 0 Å². The first-order valence-electron chi connectivity index (χ1n) is 11.2. The minimum Gasteiger partial charge on any atom is -0.375 e. The molecule has 2 saturated heterocycles. The van der Waals surface area contributed by atoms with Crippen LogP contribution >= 0.6 is 34.8 Å². The number of sulfonamides is 1. The van der Waals surface area contributed by atoms with Gasteiger partial charge in [-0.3, -0.25) is 10.2 Å². The molecule has 0 aromatic heterocycles. The van der Waals surface area contributed by atoms with Crippen LogP contribution in [0.3, 0.4) is 0 Å². The van der Waals surface area contributed by atoms with Gasteiger partial charge in [0.2, 0.25) is 16.4 Å². The zero-order valence-corrected chi connectivity index (χ0v) is 21.8. The summed E-state index contributed by atoms with van der Waals surface area (Å²) >= 11 is 18.3. The van der Waals surface area contributed by atoms with E-state index in [4.69, 9.17) is 39.5 Å². The number of rotatable bonds is 7. The Bertz CT molecular complexity index is 1120. The van der Waals surface area contributed by atoms with E-state index in [9.17, 15) is 17.2 Å². The van der Waals surface area contributed by atoms with E-state index in [2.05, 4.69) is 5.32 Å². The first-order chi connectivity index (χ1) is 16.6. The highest BCUT2D eigenvalue weighted by Gasteiger charge is 2.40. The van der Waals surface area contributed by atoms with E-state index in [1.807, 2.05) is 17.0 Å². The van der Waals surface area contributed by atoms with Gasteiger partial charge < -0.3 is 4.74 Å². The van der Waals surface area contributed by atoms with Crippen molar-refractivity contribution in [2.24, 2.45) is 0 Å². The smallest absolute Gasteiger partial charge is 0.244 e. The van der Waals surface area contributed by atoms with Crippen LogP contribution in [0.4, 0.5) is 8.78 Å². The van der Waals surface area contributed by atoms with Crippen molar-refractivity contribution in [2.45, 2.75) is 42.5 Å². The Kier molecular flexibility index (Phi) is 8.92. The van der Waals surface area contributed by atoms with Crippen LogP contribution in [0, 0.1) is 0 Å². The third kappa shape index (κ3) is 6.64. The zero-order chi connectivity index (χ0) is 25.2. The molecule has 0 bridgehead atoms. The molecule has 0 aliphatic carbocycles. The van der Waals surface area contributed by atoms with Crippen molar-refractivity contribution in [3.63, 3.8) is 0 Å². The third-order valence-corrected chi connectivity index (χ3v) is 9.15. The van der Waals surface area contributed by atoms with Crippen LogP contribution in [0.5, 0.6) is 0 Å². The summed E-state index contributed by atoms with van der Waals surface area (Å²) in [6.45, 7) is 1.60. The molecule has 4 rings (SSSR count). The van der Waals surface area contributed by atoms with Crippen molar-refractivity contribution in [2.75, 3.05) is 32.8 Å². The van der Waals surface area contributed by atoms with E-state index >= 15 is 0 Å². The third-order valence-electron chi connectivity index (χ3n) is 6.27. The van der Waals surface area contributed by atoms with Crippen molar-refractivity contribution in [1.82, 2.24) is 14.5 Å². The summed E-state index contributed by atoms with van der Waals surface area (Å²) in [6, 6.07) is 11.2. The van der Waals surface area contributed by atoms with E-state index in [1.165, 1.54) is 22.5 Å². The van der Waals surface area contributed by atoms with Crippen molar-refractivity contribution < 1.29 is 21.9 Å². The summed E-state index contributed by atoms with van der Waals surface area (Å²) in [5, 5.41) is 4.39. The monoisotopic (exact) mass is 567 g/mol. The topological polar surface area (TPSA) is 61.9 Å². The number of morpholine rings is 1. The van der Waals surface area contributed by atoms with Gasteiger partial charge in [-0.2, -0.15) is 4.31 Å². The lowest BCUT2D eigenvalue weighted by Gasteiger charge is -2.45. The van der Waals surface area contributed by atoms with E-state index in [0.717, 1.165) is 5.56 Å². The average molecular weight is 569 g/mol. The van der Waals surface area contributed by atoms with Gasteiger partial charge in [-0.05, 0) is 42.3 Å². The summed E-state index contributed by atoms with van der Waals surface area (Å²) in [6.07, 6.45) is -3.33. The summed E-state index contributed by atoms with van der Waals surface area (Å²) in [7, 11) is -3.99. The molecule has 2 aliphatic heterocycles. The molecule has 2 aromatic carbocycles. The molecule has 6 nitrogen and oxygen atoms in total. The number of benzene rings is 2. The first-order valence-corrected chi connectivity index (χ1v) is 13.8. The fourth-order valence-electron chi connectivity index (χ4n) is 4.54. The lowest BCUT2D eigenvalue weighted by molar-refractivity contribution is -0.0761. The summed E-state index contributed by atoms with van der Waals surface area (Å²) in [5.41, 5.74) is 0.936. The number of nitrogens with one attached hydrogen (secondary N) is 1. The van der Waals surface area contributed by atoms with Gasteiger partial charge in [0, 0.05) is 48.7 Å². The highest BCUT2D eigenvalue weighted by Crippen LogP contribution is 2.31. The summed E-state index contributed by atoms with van der Waals surface area (Å²) < 4.78 is 60.4. The SMILES string of the molecule is O=S(=O)(c1ccc(Cl)cc1Cl)N1CC(N2CCOC(CC(F)F)C2)NCC1Cc1ccc(Cl)cc1. The van der Waals surface area contributed by atoms with Gasteiger partial charge in [0.05, 0.1) is 23.9 Å². The second kappa shape index (κ2) is 11.6. The molecule has 0 saturated carbocycles. The Morgan fingerprint density at radius 3 is 2.46 bits per heavy atom. The van der Waals surface area contributed by atoms with Gasteiger partial charge >= 0.3 is 0 Å². The molecule has 0 amide bonds. The molecule has 2 aliphatic rings. The van der Waals surface area contributed by atoms with Crippen LogP contribution in [-0.4, -0.2) is 75.1 Å². The molecule has 3 unspecified atom stereocenters. The van der Waals surface area contributed by atoms with Crippen LogP contribution < -0.4 is 5.32 Å². The molecule has 0 radical (unpaired) electrons. The zero-order valence-electron chi connectivity index (χ0n) is 18.7. The molecule has 3 atom stereocenters. The average Bonchev–Trinajstić information content (AvgIpc) is 2.80. The van der Waals surface area contributed by atoms with Crippen LogP contribution in [0.25, 0.3) is 0 Å². The van der Waals surface area contributed by atoms with Crippen molar-refractivity contribution in [1.29, 1.82) is 0 Å². The molecule has 35 heavy (non-hydrogen) atoms. The maximum Gasteiger partial charge on any atom is 0.244 e. The predicted octanol–water partition coefficient (Wildman–Crippen LogP) is 4.53. The van der Waals surface area contributed by atoms with Gasteiger partial charge in [-0.1, -0.05) is 46.9 Å². The standard InChI is InChI=1S/C23H26Cl3F2N3O3S/c24-16-3-1-15(2-4-16)9-18-12-29-23(30-7-8-34-19(13-30)11-22(27)28)14-31(18)35(32,33)21-6-5-17(25)10-20(21)26/h1-6,10,18-19,22-23,29H,7-9,11-14H2. The molecule has 192 valence electrons. The minimum atomic E-state index is -3.99. The van der Waals surface area contributed by atoms with Gasteiger partial charge in [-0.25, -0.2) is 17.2 Å². The number of hydrogen-bond acceptors (Lipinski definition) is 5. The Morgan fingerprint density at radius 1 is 1.06 bits per heavy atom. The highest BCUT2D eigenvalue weighted by molar-refractivity contribution is 7.89. The van der Waals surface area contributed by atoms with E-state index < -0.39 is 28.6 Å². The number of alkyl halides is 2. The molecule has 0 spiro atoms. The Hall–Kier alpha value is -1.04. The fraction of sp³-hybridized carbons (Fsp3) is 0.478. The minimum absolute atomic E-state index is 0.0251. The van der Waals surface area contributed by atoms with Crippen LogP contribution in [-0.2, 0) is 21.2 Å². The highest BCUT2D eigenvalue weighted by atomic mass is 35.5. The molecular weight excluding hydrogens is 543 g/mol. The second-order valence-electron chi connectivity index (χ2n) is 8.67. The van der Waals surface area contributed by atoms with Crippen molar-refractivity contribution >= 4 is 44.8 Å². The van der Waals surface area contributed by atoms with Crippen LogP contribution in [0.15, 0.2) is 47.4 Å². The van der Waals surface area contributed by atoms with Gasteiger partial charge in [0.1, 0.15) is 4.90 Å². The lowest BCUT2D eigenvalue weighted by Crippen LogP contribution is -2.65. The lowest BCUT2D eigenvalue weighted by atomic mass is 10.0. The van der Waals surface area contributed by atoms with Crippen LogP contribution in [0.2, 0.25) is 15.1 Å². The number of piperazine rings is 1. The van der Waals surface area contributed by atoms with Gasteiger partial charge in [0.25, 0.3) is 0 Å².